The summed E-state index contributed by atoms with van der Waals surface area (Å²) in [6, 6.07) is 20.6. The third kappa shape index (κ3) is 6.36. The van der Waals surface area contributed by atoms with Gasteiger partial charge in [-0.2, -0.15) is 0 Å². The Hall–Kier alpha value is -1.82. The zero-order chi connectivity index (χ0) is 12.3. The van der Waals surface area contributed by atoms with Crippen molar-refractivity contribution in [3.05, 3.63) is 77.9 Å². The first-order valence-electron chi connectivity index (χ1n) is 6.06. The minimum Gasteiger partial charge on any atom is -0.0842 e. The van der Waals surface area contributed by atoms with Gasteiger partial charge in [-0.15, -0.1) is 0 Å². The van der Waals surface area contributed by atoms with Crippen molar-refractivity contribution in [3.8, 4) is 0 Å². The van der Waals surface area contributed by atoms with E-state index < -0.39 is 0 Å². The van der Waals surface area contributed by atoms with E-state index >= 15 is 0 Å². The van der Waals surface area contributed by atoms with Gasteiger partial charge >= 0.3 is 0 Å². The van der Waals surface area contributed by atoms with Gasteiger partial charge < -0.3 is 0 Å². The Bertz CT molecular complexity index is 412. The molecule has 0 unspecified atom stereocenters. The molecule has 0 amide bonds. The van der Waals surface area contributed by atoms with Crippen LogP contribution in [0.3, 0.4) is 0 Å². The van der Waals surface area contributed by atoms with E-state index in [9.17, 15) is 0 Å². The van der Waals surface area contributed by atoms with Crippen LogP contribution in [-0.4, -0.2) is 0 Å². The number of hydrogen-bond donors (Lipinski definition) is 0. The molecule has 2 aromatic carbocycles. The van der Waals surface area contributed by atoms with Crippen molar-refractivity contribution in [2.45, 2.75) is 20.3 Å². The Kier molecular flexibility index (Phi) is 6.50. The minimum atomic E-state index is 1.11. The van der Waals surface area contributed by atoms with Crippen LogP contribution in [0.4, 0.5) is 0 Å². The summed E-state index contributed by atoms with van der Waals surface area (Å²) in [5, 5.41) is 0. The van der Waals surface area contributed by atoms with E-state index in [1.54, 1.807) is 0 Å². The molecule has 0 heteroatoms. The smallest absolute Gasteiger partial charge is 0.0260 e. The molecule has 0 aliphatic carbocycles. The minimum absolute atomic E-state index is 1.11. The molecule has 0 nitrogen and oxygen atoms in total. The lowest BCUT2D eigenvalue weighted by Gasteiger charge is -1.88. The molecule has 88 valence electrons. The average molecular weight is 224 g/mol. The molecule has 0 aromatic heterocycles. The highest BCUT2D eigenvalue weighted by atomic mass is 13.8. The van der Waals surface area contributed by atoms with E-state index in [-0.39, 0.29) is 0 Å². The zero-order valence-electron chi connectivity index (χ0n) is 10.6. The van der Waals surface area contributed by atoms with Crippen LogP contribution in [0, 0.1) is 6.92 Å². The molecule has 0 bridgehead atoms. The Labute approximate surface area is 105 Å². The van der Waals surface area contributed by atoms with E-state index in [2.05, 4.69) is 62.4 Å². The second-order valence-corrected chi connectivity index (χ2v) is 3.88. The fraction of sp³-hybridized carbons (Fsp3) is 0.176. The summed E-state index contributed by atoms with van der Waals surface area (Å²) in [6.45, 7) is 4.22. The lowest BCUT2D eigenvalue weighted by Crippen LogP contribution is -1.66. The predicted molar refractivity (Wildman–Crippen MR) is 76.9 cm³/mol. The van der Waals surface area contributed by atoms with Crippen molar-refractivity contribution >= 4 is 6.08 Å². The van der Waals surface area contributed by atoms with Crippen molar-refractivity contribution in [1.29, 1.82) is 0 Å². The largest absolute Gasteiger partial charge is 0.0842 e. The van der Waals surface area contributed by atoms with Crippen LogP contribution >= 0.6 is 0 Å². The van der Waals surface area contributed by atoms with E-state index in [1.165, 1.54) is 11.1 Å². The standard InChI is InChI=1S/C10H12.C7H8/c1-2-3-7-10-8-5-4-6-9-10;1-7-5-3-2-4-6-7/h3-9H,2H2,1H3;2-6H,1H3. The van der Waals surface area contributed by atoms with Gasteiger partial charge in [0.25, 0.3) is 0 Å². The highest BCUT2D eigenvalue weighted by molar-refractivity contribution is 5.48. The summed E-state index contributed by atoms with van der Waals surface area (Å²) in [7, 11) is 0. The molecular weight excluding hydrogens is 204 g/mol. The number of benzene rings is 2. The van der Waals surface area contributed by atoms with Crippen LogP contribution < -0.4 is 0 Å². The average Bonchev–Trinajstić information content (AvgIpc) is 2.39. The summed E-state index contributed by atoms with van der Waals surface area (Å²) in [4.78, 5) is 0. The Balaban J connectivity index is 0.000000181. The van der Waals surface area contributed by atoms with E-state index in [0.29, 0.717) is 0 Å². The SMILES string of the molecule is CCC=Cc1ccccc1.Cc1ccccc1. The van der Waals surface area contributed by atoms with Crippen molar-refractivity contribution in [2.24, 2.45) is 0 Å². The maximum atomic E-state index is 2.16. The van der Waals surface area contributed by atoms with Crippen molar-refractivity contribution in [3.63, 3.8) is 0 Å². The molecule has 0 heterocycles. The summed E-state index contributed by atoms with van der Waals surface area (Å²) in [5.41, 5.74) is 2.60. The molecule has 0 saturated carbocycles. The second-order valence-electron chi connectivity index (χ2n) is 3.88. The number of rotatable bonds is 2. The first kappa shape index (κ1) is 13.2. The maximum Gasteiger partial charge on any atom is -0.0260 e. The predicted octanol–water partition coefficient (Wildman–Crippen LogP) is 5.10. The summed E-state index contributed by atoms with van der Waals surface area (Å²) >= 11 is 0. The maximum absolute atomic E-state index is 2.16. The Morgan fingerprint density at radius 3 is 1.76 bits per heavy atom. The normalized spacial score (nSPS) is 9.76. The Morgan fingerprint density at radius 1 is 0.824 bits per heavy atom. The molecule has 0 saturated heterocycles. The quantitative estimate of drug-likeness (QED) is 0.665. The lowest BCUT2D eigenvalue weighted by molar-refractivity contribution is 1.23. The number of aryl methyl sites for hydroxylation is 1. The molecule has 0 atom stereocenters. The molecular formula is C17H20. The van der Waals surface area contributed by atoms with Gasteiger partial charge in [0, 0.05) is 0 Å². The van der Waals surface area contributed by atoms with E-state index in [4.69, 9.17) is 0 Å². The van der Waals surface area contributed by atoms with Gasteiger partial charge in [-0.3, -0.25) is 0 Å². The fourth-order valence-electron chi connectivity index (χ4n) is 1.35. The van der Waals surface area contributed by atoms with Crippen LogP contribution in [0.25, 0.3) is 6.08 Å². The fourth-order valence-corrected chi connectivity index (χ4v) is 1.35. The molecule has 0 N–H and O–H groups in total. The van der Waals surface area contributed by atoms with Gasteiger partial charge in [0.1, 0.15) is 0 Å². The van der Waals surface area contributed by atoms with E-state index in [1.807, 2.05) is 24.3 Å². The molecule has 0 aliphatic heterocycles. The molecule has 0 spiro atoms. The zero-order valence-corrected chi connectivity index (χ0v) is 10.6. The van der Waals surface area contributed by atoms with Crippen molar-refractivity contribution < 1.29 is 0 Å². The number of hydrogen-bond acceptors (Lipinski definition) is 0. The van der Waals surface area contributed by atoms with Crippen LogP contribution in [0.2, 0.25) is 0 Å². The molecule has 2 rings (SSSR count). The van der Waals surface area contributed by atoms with Gasteiger partial charge in [0.2, 0.25) is 0 Å². The summed E-state index contributed by atoms with van der Waals surface area (Å²) in [6.07, 6.45) is 5.41. The molecule has 2 aromatic rings. The van der Waals surface area contributed by atoms with Gasteiger partial charge in [-0.1, -0.05) is 85.3 Å². The van der Waals surface area contributed by atoms with Crippen LogP contribution in [-0.2, 0) is 0 Å². The van der Waals surface area contributed by atoms with Gasteiger partial charge in [-0.25, -0.2) is 0 Å². The van der Waals surface area contributed by atoms with E-state index in [0.717, 1.165) is 6.42 Å². The van der Waals surface area contributed by atoms with Gasteiger partial charge in [-0.05, 0) is 18.9 Å². The first-order valence-corrected chi connectivity index (χ1v) is 6.06. The molecule has 0 aliphatic rings. The molecule has 17 heavy (non-hydrogen) atoms. The van der Waals surface area contributed by atoms with Gasteiger partial charge in [0.15, 0.2) is 0 Å². The first-order chi connectivity index (χ1) is 8.33. The summed E-state index contributed by atoms with van der Waals surface area (Å²) in [5.74, 6) is 0. The third-order valence-corrected chi connectivity index (χ3v) is 2.29. The van der Waals surface area contributed by atoms with Crippen LogP contribution in [0.1, 0.15) is 24.5 Å². The molecule has 0 fully saturated rings. The number of allylic oxidation sites excluding steroid dienone is 1. The Morgan fingerprint density at radius 2 is 1.35 bits per heavy atom. The second kappa shape index (κ2) is 8.35. The monoisotopic (exact) mass is 224 g/mol. The molecule has 0 radical (unpaired) electrons. The topological polar surface area (TPSA) is 0 Å². The van der Waals surface area contributed by atoms with Crippen LogP contribution in [0.15, 0.2) is 66.7 Å². The summed E-state index contributed by atoms with van der Waals surface area (Å²) < 4.78 is 0. The highest BCUT2D eigenvalue weighted by Crippen LogP contribution is 2.00. The highest BCUT2D eigenvalue weighted by Gasteiger charge is 1.79. The lowest BCUT2D eigenvalue weighted by atomic mass is 10.2. The van der Waals surface area contributed by atoms with Crippen molar-refractivity contribution in [2.75, 3.05) is 0 Å². The van der Waals surface area contributed by atoms with Gasteiger partial charge in [0.05, 0.1) is 0 Å². The van der Waals surface area contributed by atoms with Crippen molar-refractivity contribution in [1.82, 2.24) is 0 Å². The van der Waals surface area contributed by atoms with Crippen LogP contribution in [0.5, 0.6) is 0 Å². The third-order valence-electron chi connectivity index (χ3n) is 2.29.